The Balaban J connectivity index is 0.00000338. The van der Waals surface area contributed by atoms with Gasteiger partial charge < -0.3 is 20.1 Å². The van der Waals surface area contributed by atoms with Crippen molar-refractivity contribution in [3.63, 3.8) is 0 Å². The Morgan fingerprint density at radius 1 is 1.42 bits per heavy atom. The van der Waals surface area contributed by atoms with Crippen molar-refractivity contribution < 1.29 is 17.9 Å². The van der Waals surface area contributed by atoms with Gasteiger partial charge in [0.2, 0.25) is 10.0 Å². The van der Waals surface area contributed by atoms with Gasteiger partial charge in [-0.2, -0.15) is 0 Å². The third kappa shape index (κ3) is 8.16. The number of sulfonamides is 1. The number of rotatable bonds is 8. The number of nitrogens with two attached hydrogens (primary N) is 1. The summed E-state index contributed by atoms with van der Waals surface area (Å²) in [5.74, 6) is 0.644. The molecule has 1 aromatic carbocycles. The Labute approximate surface area is 172 Å². The topological polar surface area (TPSA) is 115 Å². The van der Waals surface area contributed by atoms with E-state index in [4.69, 9.17) is 14.6 Å². The molecule has 148 valence electrons. The molecule has 0 aliphatic carbocycles. The summed E-state index contributed by atoms with van der Waals surface area (Å²) in [7, 11) is -2.01. The second-order valence-corrected chi connectivity index (χ2v) is 7.32. The zero-order valence-electron chi connectivity index (χ0n) is 14.8. The molecule has 1 atom stereocenters. The Morgan fingerprint density at radius 3 is 2.88 bits per heavy atom. The summed E-state index contributed by atoms with van der Waals surface area (Å²) < 4.78 is 33.7. The second kappa shape index (κ2) is 11.7. The molecule has 0 aromatic heterocycles. The molecule has 0 radical (unpaired) electrons. The number of nitrogens with zero attached hydrogens (tertiary/aromatic N) is 1. The molecule has 0 bridgehead atoms. The first kappa shape index (κ1) is 23.1. The fourth-order valence-electron chi connectivity index (χ4n) is 2.41. The lowest BCUT2D eigenvalue weighted by Gasteiger charge is -2.13. The molecular formula is C16H27IN4O4S. The third-order valence-electron chi connectivity index (χ3n) is 3.77. The van der Waals surface area contributed by atoms with Gasteiger partial charge in [-0.3, -0.25) is 4.99 Å². The van der Waals surface area contributed by atoms with E-state index in [0.29, 0.717) is 25.7 Å². The van der Waals surface area contributed by atoms with E-state index in [9.17, 15) is 8.42 Å². The molecule has 4 N–H and O–H groups in total. The summed E-state index contributed by atoms with van der Waals surface area (Å²) in [6.45, 7) is 3.32. The van der Waals surface area contributed by atoms with E-state index in [-0.39, 0.29) is 35.0 Å². The molecule has 26 heavy (non-hydrogen) atoms. The third-order valence-corrected chi connectivity index (χ3v) is 4.68. The van der Waals surface area contributed by atoms with Gasteiger partial charge in [0, 0.05) is 33.4 Å². The van der Waals surface area contributed by atoms with Crippen LogP contribution >= 0.6 is 24.0 Å². The first-order chi connectivity index (χ1) is 12.0. The van der Waals surface area contributed by atoms with Crippen molar-refractivity contribution in [3.8, 4) is 0 Å². The van der Waals surface area contributed by atoms with Crippen LogP contribution in [0.15, 0.2) is 34.2 Å². The molecule has 8 nitrogen and oxygen atoms in total. The van der Waals surface area contributed by atoms with Crippen molar-refractivity contribution >= 4 is 40.0 Å². The smallest absolute Gasteiger partial charge is 0.238 e. The normalized spacial score (nSPS) is 17.6. The minimum absolute atomic E-state index is 0. The lowest BCUT2D eigenvalue weighted by Crippen LogP contribution is -2.37. The number of guanidine groups is 1. The fourth-order valence-corrected chi connectivity index (χ4v) is 3.00. The summed E-state index contributed by atoms with van der Waals surface area (Å²) >= 11 is 0. The minimum Gasteiger partial charge on any atom is -0.379 e. The van der Waals surface area contributed by atoms with Gasteiger partial charge in [0.05, 0.1) is 17.6 Å². The molecule has 1 aliphatic rings. The fraction of sp³-hybridized carbons (Fsp3) is 0.562. The van der Waals surface area contributed by atoms with Crippen molar-refractivity contribution in [2.45, 2.75) is 30.4 Å². The number of aliphatic imine (C=N–C) groups is 1. The highest BCUT2D eigenvalue weighted by molar-refractivity contribution is 14.0. The van der Waals surface area contributed by atoms with Crippen LogP contribution in [-0.2, 0) is 26.0 Å². The van der Waals surface area contributed by atoms with Gasteiger partial charge in [-0.25, -0.2) is 13.6 Å². The van der Waals surface area contributed by atoms with E-state index in [1.54, 1.807) is 19.2 Å². The number of primary sulfonamides is 1. The number of hydrogen-bond acceptors (Lipinski definition) is 5. The average molecular weight is 498 g/mol. The van der Waals surface area contributed by atoms with E-state index in [1.165, 1.54) is 6.07 Å². The monoisotopic (exact) mass is 498 g/mol. The van der Waals surface area contributed by atoms with Crippen LogP contribution in [0.5, 0.6) is 0 Å². The average Bonchev–Trinajstić information content (AvgIpc) is 3.10. The van der Waals surface area contributed by atoms with Crippen LogP contribution in [0.1, 0.15) is 18.4 Å². The van der Waals surface area contributed by atoms with Crippen LogP contribution in [0.2, 0.25) is 0 Å². The Bertz CT molecular complexity index is 679. The molecule has 1 aliphatic heterocycles. The maximum Gasteiger partial charge on any atom is 0.238 e. The van der Waals surface area contributed by atoms with E-state index < -0.39 is 10.0 Å². The second-order valence-electron chi connectivity index (χ2n) is 5.75. The first-order valence-corrected chi connectivity index (χ1v) is 9.79. The van der Waals surface area contributed by atoms with Crippen molar-refractivity contribution in [2.24, 2.45) is 10.1 Å². The SMILES string of the molecule is CN=C(NCCCOC1CCOC1)NCc1cccc(S(N)(=O)=O)c1.I. The summed E-state index contributed by atoms with van der Waals surface area (Å²) in [5, 5.41) is 11.5. The number of ether oxygens (including phenoxy) is 2. The zero-order valence-corrected chi connectivity index (χ0v) is 18.0. The lowest BCUT2D eigenvalue weighted by atomic mass is 10.2. The maximum absolute atomic E-state index is 11.4. The zero-order chi connectivity index (χ0) is 18.1. The quantitative estimate of drug-likeness (QED) is 0.212. The number of benzene rings is 1. The van der Waals surface area contributed by atoms with Gasteiger partial charge in [0.15, 0.2) is 5.96 Å². The van der Waals surface area contributed by atoms with E-state index in [0.717, 1.165) is 31.6 Å². The summed E-state index contributed by atoms with van der Waals surface area (Å²) in [5.41, 5.74) is 0.805. The van der Waals surface area contributed by atoms with Gasteiger partial charge in [-0.1, -0.05) is 12.1 Å². The maximum atomic E-state index is 11.4. The molecule has 10 heteroatoms. The largest absolute Gasteiger partial charge is 0.379 e. The van der Waals surface area contributed by atoms with E-state index in [2.05, 4.69) is 15.6 Å². The van der Waals surface area contributed by atoms with Crippen molar-refractivity contribution in [1.29, 1.82) is 0 Å². The standard InChI is InChI=1S/C16H26N4O4S.HI/c1-18-16(19-7-3-8-24-14-6-9-23-12-14)20-11-13-4-2-5-15(10-13)25(17,21)22;/h2,4-5,10,14H,3,6-9,11-12H2,1H3,(H2,17,21,22)(H2,18,19,20);1H. The number of halogens is 1. The Kier molecular flexibility index (Phi) is 10.4. The number of hydrogen-bond donors (Lipinski definition) is 3. The Morgan fingerprint density at radius 2 is 2.23 bits per heavy atom. The summed E-state index contributed by atoms with van der Waals surface area (Å²) in [4.78, 5) is 4.24. The molecule has 1 fully saturated rings. The molecule has 1 aromatic rings. The van der Waals surface area contributed by atoms with Gasteiger partial charge in [0.1, 0.15) is 0 Å². The van der Waals surface area contributed by atoms with E-state index >= 15 is 0 Å². The molecule has 0 amide bonds. The highest BCUT2D eigenvalue weighted by atomic mass is 127. The van der Waals surface area contributed by atoms with Gasteiger partial charge in [-0.15, -0.1) is 24.0 Å². The molecule has 2 rings (SSSR count). The molecule has 1 heterocycles. The van der Waals surface area contributed by atoms with Crippen LogP contribution < -0.4 is 15.8 Å². The summed E-state index contributed by atoms with van der Waals surface area (Å²) in [6, 6.07) is 6.51. The van der Waals surface area contributed by atoms with Crippen LogP contribution in [0.4, 0.5) is 0 Å². The molecule has 1 unspecified atom stereocenters. The first-order valence-electron chi connectivity index (χ1n) is 8.24. The van der Waals surface area contributed by atoms with Crippen LogP contribution in [0, 0.1) is 0 Å². The number of nitrogens with one attached hydrogen (secondary N) is 2. The van der Waals surface area contributed by atoms with Gasteiger partial charge >= 0.3 is 0 Å². The Hall–Kier alpha value is -0.950. The van der Waals surface area contributed by atoms with E-state index in [1.807, 2.05) is 6.07 Å². The molecule has 1 saturated heterocycles. The summed E-state index contributed by atoms with van der Waals surface area (Å²) in [6.07, 6.45) is 2.05. The predicted octanol–water partition coefficient (Wildman–Crippen LogP) is 0.813. The highest BCUT2D eigenvalue weighted by Crippen LogP contribution is 2.09. The molecular weight excluding hydrogens is 471 g/mol. The van der Waals surface area contributed by atoms with Crippen molar-refractivity contribution in [2.75, 3.05) is 33.4 Å². The lowest BCUT2D eigenvalue weighted by molar-refractivity contribution is 0.0420. The van der Waals surface area contributed by atoms with Crippen LogP contribution in [0.25, 0.3) is 0 Å². The predicted molar refractivity (Wildman–Crippen MR) is 111 cm³/mol. The van der Waals surface area contributed by atoms with Crippen LogP contribution in [0.3, 0.4) is 0 Å². The van der Waals surface area contributed by atoms with Crippen LogP contribution in [-0.4, -0.2) is 53.9 Å². The molecule has 0 spiro atoms. The van der Waals surface area contributed by atoms with Gasteiger partial charge in [0.25, 0.3) is 0 Å². The van der Waals surface area contributed by atoms with Crippen molar-refractivity contribution in [1.82, 2.24) is 10.6 Å². The van der Waals surface area contributed by atoms with Gasteiger partial charge in [-0.05, 0) is 30.5 Å². The van der Waals surface area contributed by atoms with Crippen molar-refractivity contribution in [3.05, 3.63) is 29.8 Å². The highest BCUT2D eigenvalue weighted by Gasteiger charge is 2.15. The molecule has 0 saturated carbocycles. The minimum atomic E-state index is -3.69.